The van der Waals surface area contributed by atoms with E-state index in [2.05, 4.69) is 4.43 Å². The molecule has 0 amide bonds. The van der Waals surface area contributed by atoms with E-state index in [1.54, 1.807) is 0 Å². The molecule has 0 aromatic heterocycles. The number of hydrogen-bond donors (Lipinski definition) is 0. The van der Waals surface area contributed by atoms with E-state index in [1.165, 1.54) is 0 Å². The van der Waals surface area contributed by atoms with E-state index in [1.807, 2.05) is 0 Å². The minimum Gasteiger partial charge on any atom is -0.514 e. The molecule has 0 spiro atoms. The summed E-state index contributed by atoms with van der Waals surface area (Å²) in [5, 5.41) is 0. The van der Waals surface area contributed by atoms with E-state index >= 15 is 0 Å². The Balaban J connectivity index is 3.39. The summed E-state index contributed by atoms with van der Waals surface area (Å²) >= 11 is 0. The zero-order chi connectivity index (χ0) is 7.49. The highest BCUT2D eigenvalue weighted by Crippen LogP contribution is 2.11. The molecule has 0 saturated carbocycles. The Labute approximate surface area is 51.9 Å². The van der Waals surface area contributed by atoms with Crippen LogP contribution in [0.2, 0.25) is 0 Å². The molecule has 0 unspecified atom stereocenters. The molecule has 0 fully saturated rings. The Morgan fingerprint density at radius 1 is 1.56 bits per heavy atom. The molecule has 54 valence electrons. The van der Waals surface area contributed by atoms with Crippen molar-refractivity contribution < 1.29 is 22.4 Å². The van der Waals surface area contributed by atoms with Crippen LogP contribution in [-0.2, 0) is 9.22 Å². The lowest BCUT2D eigenvalue weighted by Crippen LogP contribution is -2.23. The second kappa shape index (κ2) is 2.86. The third-order valence-corrected chi connectivity index (χ3v) is 1.32. The Morgan fingerprint density at radius 3 is 2.11 bits per heavy atom. The molecule has 0 aliphatic carbocycles. The summed E-state index contributed by atoms with van der Waals surface area (Å²) in [5.41, 5.74) is 0. The first-order chi connectivity index (χ1) is 3.92. The Bertz CT molecular complexity index is 110. The van der Waals surface area contributed by atoms with Gasteiger partial charge in [0.25, 0.3) is 5.97 Å². The maximum absolute atomic E-state index is 11.2. The maximum Gasteiger partial charge on any atom is 0.394 e. The number of halogens is 3. The van der Waals surface area contributed by atoms with Gasteiger partial charge in [0.1, 0.15) is 0 Å². The van der Waals surface area contributed by atoms with Crippen LogP contribution in [0.3, 0.4) is 0 Å². The molecule has 0 bridgehead atoms. The van der Waals surface area contributed by atoms with Crippen LogP contribution in [0, 0.1) is 0 Å². The summed E-state index contributed by atoms with van der Waals surface area (Å²) in [5.74, 6) is -5.13. The fraction of sp³-hybridized carbons (Fsp3) is 0.667. The molecule has 0 N–H and O–H groups in total. The molecule has 2 nitrogen and oxygen atoms in total. The van der Waals surface area contributed by atoms with Gasteiger partial charge < -0.3 is 4.43 Å². The van der Waals surface area contributed by atoms with E-state index in [-0.39, 0.29) is 0 Å². The van der Waals surface area contributed by atoms with Gasteiger partial charge in [-0.25, -0.2) is 0 Å². The molecule has 0 radical (unpaired) electrons. The predicted molar refractivity (Wildman–Crippen MR) is 26.4 cm³/mol. The topological polar surface area (TPSA) is 26.3 Å². The van der Waals surface area contributed by atoms with Crippen LogP contribution in [0.5, 0.6) is 0 Å². The highest BCUT2D eigenvalue weighted by molar-refractivity contribution is 6.32. The molecule has 0 aromatic rings. The van der Waals surface area contributed by atoms with Gasteiger partial charge in [-0.2, -0.15) is 13.2 Å². The minimum absolute atomic E-state index is 0.862. The molecule has 0 aliphatic rings. The molecule has 0 heterocycles. The molecular formula is C3H5F3O2Si. The van der Waals surface area contributed by atoms with Gasteiger partial charge in [-0.3, -0.25) is 4.79 Å². The highest BCUT2D eigenvalue weighted by Gasteiger charge is 2.30. The van der Waals surface area contributed by atoms with Crippen LogP contribution in [-0.4, -0.2) is 21.5 Å². The molecule has 0 aliphatic heterocycles. The molecule has 6 heteroatoms. The monoisotopic (exact) mass is 158 g/mol. The van der Waals surface area contributed by atoms with Gasteiger partial charge in [0.05, 0.1) is 0 Å². The van der Waals surface area contributed by atoms with Crippen LogP contribution < -0.4 is 0 Å². The summed E-state index contributed by atoms with van der Waals surface area (Å²) in [7, 11) is -2.65. The lowest BCUT2D eigenvalue weighted by Gasteiger charge is -2.03. The maximum atomic E-state index is 11.2. The van der Waals surface area contributed by atoms with Gasteiger partial charge in [0.2, 0.25) is 0 Å². The molecule has 0 aromatic carbocycles. The minimum atomic E-state index is -4.27. The molecule has 9 heavy (non-hydrogen) atoms. The van der Waals surface area contributed by atoms with E-state index in [0.29, 0.717) is 0 Å². The van der Waals surface area contributed by atoms with Crippen molar-refractivity contribution in [1.82, 2.24) is 0 Å². The SMILES string of the molecule is CC(=O)O[SiH2]C(F)(F)F. The average Bonchev–Trinajstić information content (AvgIpc) is 1.59. The van der Waals surface area contributed by atoms with Crippen molar-refractivity contribution in [2.75, 3.05) is 0 Å². The second-order valence-corrected chi connectivity index (χ2v) is 2.77. The van der Waals surface area contributed by atoms with Crippen LogP contribution >= 0.6 is 0 Å². The number of hydrogen-bond acceptors (Lipinski definition) is 2. The number of rotatable bonds is 1. The quantitative estimate of drug-likeness (QED) is 0.508. The largest absolute Gasteiger partial charge is 0.514 e. The first-order valence-corrected chi connectivity index (χ1v) is 3.40. The fourth-order valence-corrected chi connectivity index (χ4v) is 0.550. The number of carbonyl (C=O) groups excluding carboxylic acids is 1. The van der Waals surface area contributed by atoms with Crippen molar-refractivity contribution in [2.45, 2.75) is 12.7 Å². The van der Waals surface area contributed by atoms with E-state index in [4.69, 9.17) is 0 Å². The summed E-state index contributed by atoms with van der Waals surface area (Å²) in [4.78, 5) is 9.80. The highest BCUT2D eigenvalue weighted by atomic mass is 28.2. The number of alkyl halides is 3. The summed E-state index contributed by atoms with van der Waals surface area (Å²) < 4.78 is 37.4. The van der Waals surface area contributed by atoms with E-state index < -0.39 is 21.5 Å². The van der Waals surface area contributed by atoms with Gasteiger partial charge in [0.15, 0.2) is 0 Å². The van der Waals surface area contributed by atoms with E-state index in [0.717, 1.165) is 6.92 Å². The average molecular weight is 158 g/mol. The van der Waals surface area contributed by atoms with Crippen molar-refractivity contribution in [3.05, 3.63) is 0 Å². The predicted octanol–water partition coefficient (Wildman–Crippen LogP) is 0.153. The zero-order valence-corrected chi connectivity index (χ0v) is 6.07. The van der Waals surface area contributed by atoms with Crippen LogP contribution in [0.25, 0.3) is 0 Å². The lowest BCUT2D eigenvalue weighted by molar-refractivity contribution is -0.135. The van der Waals surface area contributed by atoms with Crippen molar-refractivity contribution in [3.63, 3.8) is 0 Å². The summed E-state index contributed by atoms with van der Waals surface area (Å²) in [6.45, 7) is 0.957. The van der Waals surface area contributed by atoms with Gasteiger partial charge in [-0.1, -0.05) is 0 Å². The lowest BCUT2D eigenvalue weighted by atomic mass is 10.9. The van der Waals surface area contributed by atoms with Crippen molar-refractivity contribution in [3.8, 4) is 0 Å². The standard InChI is InChI=1S/C3H5F3O2Si/c1-2(7)8-9-3(4,5)6/h9H2,1H3. The van der Waals surface area contributed by atoms with Gasteiger partial charge in [-0.15, -0.1) is 0 Å². The van der Waals surface area contributed by atoms with Crippen LogP contribution in [0.4, 0.5) is 13.2 Å². The van der Waals surface area contributed by atoms with Crippen molar-refractivity contribution in [1.29, 1.82) is 0 Å². The van der Waals surface area contributed by atoms with Crippen molar-refractivity contribution in [2.24, 2.45) is 0 Å². The molecule has 0 atom stereocenters. The Morgan fingerprint density at radius 2 is 2.00 bits per heavy atom. The normalized spacial score (nSPS) is 12.4. The van der Waals surface area contributed by atoms with Crippen LogP contribution in [0.1, 0.15) is 6.92 Å². The molecule has 0 rings (SSSR count). The first kappa shape index (κ1) is 8.48. The van der Waals surface area contributed by atoms with Gasteiger partial charge >= 0.3 is 15.6 Å². The number of carbonyl (C=O) groups is 1. The fourth-order valence-electron chi connectivity index (χ4n) is 0.183. The Hall–Kier alpha value is -0.523. The molecule has 0 saturated heterocycles. The third-order valence-electron chi connectivity index (χ3n) is 0.439. The van der Waals surface area contributed by atoms with Gasteiger partial charge in [0, 0.05) is 6.92 Å². The molecular weight excluding hydrogens is 153 g/mol. The van der Waals surface area contributed by atoms with E-state index in [9.17, 15) is 18.0 Å². The summed E-state index contributed by atoms with van der Waals surface area (Å²) in [6.07, 6.45) is 0. The second-order valence-electron chi connectivity index (χ2n) is 1.40. The van der Waals surface area contributed by atoms with Crippen molar-refractivity contribution >= 4 is 15.7 Å². The smallest absolute Gasteiger partial charge is 0.394 e. The zero-order valence-electron chi connectivity index (χ0n) is 4.66. The third kappa shape index (κ3) is 7.48. The van der Waals surface area contributed by atoms with Crippen LogP contribution in [0.15, 0.2) is 0 Å². The first-order valence-electron chi connectivity index (χ1n) is 2.12. The summed E-state index contributed by atoms with van der Waals surface area (Å²) in [6, 6.07) is 0. The van der Waals surface area contributed by atoms with Gasteiger partial charge in [-0.05, 0) is 0 Å². The Kier molecular flexibility index (Phi) is 2.69.